The Morgan fingerprint density at radius 3 is 3.00 bits per heavy atom. The van der Waals surface area contributed by atoms with Gasteiger partial charge in [0.15, 0.2) is 0 Å². The van der Waals surface area contributed by atoms with Gasteiger partial charge in [-0.1, -0.05) is 0 Å². The van der Waals surface area contributed by atoms with E-state index in [1.807, 2.05) is 11.8 Å². The first kappa shape index (κ1) is 15.5. The Labute approximate surface area is 135 Å². The molecule has 2 N–H and O–H groups in total. The topological polar surface area (TPSA) is 66.6 Å². The van der Waals surface area contributed by atoms with E-state index < -0.39 is 0 Å². The summed E-state index contributed by atoms with van der Waals surface area (Å²) in [4.78, 5) is 29.6. The van der Waals surface area contributed by atoms with Crippen molar-refractivity contribution < 1.29 is 9.59 Å². The summed E-state index contributed by atoms with van der Waals surface area (Å²) >= 11 is 1.81. The number of piperidine rings is 1. The van der Waals surface area contributed by atoms with Crippen molar-refractivity contribution in [2.75, 3.05) is 19.6 Å². The van der Waals surface area contributed by atoms with E-state index >= 15 is 0 Å². The molecule has 1 fully saturated rings. The lowest BCUT2D eigenvalue weighted by atomic mass is 9.96. The summed E-state index contributed by atoms with van der Waals surface area (Å²) in [5, 5.41) is 2.13. The number of carbonyl (C=O) groups excluding carboxylic acids is 2. The third kappa shape index (κ3) is 3.03. The van der Waals surface area contributed by atoms with Crippen LogP contribution in [0, 0.1) is 5.92 Å². The van der Waals surface area contributed by atoms with Crippen LogP contribution in [0.1, 0.15) is 30.2 Å². The molecule has 2 aliphatic heterocycles. The van der Waals surface area contributed by atoms with Gasteiger partial charge in [-0.2, -0.15) is 0 Å². The van der Waals surface area contributed by atoms with E-state index in [1.54, 1.807) is 11.3 Å². The van der Waals surface area contributed by atoms with Crippen LogP contribution in [0.15, 0.2) is 11.4 Å². The monoisotopic (exact) mass is 321 g/mol. The Kier molecular flexibility index (Phi) is 4.49. The average molecular weight is 321 g/mol. The molecule has 1 saturated heterocycles. The summed E-state index contributed by atoms with van der Waals surface area (Å²) in [5.74, 6) is -0.342. The molecule has 2 aliphatic rings. The second-order valence-electron chi connectivity index (χ2n) is 6.29. The lowest BCUT2D eigenvalue weighted by Crippen LogP contribution is -2.52. The molecule has 0 unspecified atom stereocenters. The fraction of sp³-hybridized carbons (Fsp3) is 0.625. The van der Waals surface area contributed by atoms with Crippen LogP contribution in [-0.4, -0.2) is 47.3 Å². The third-order valence-electron chi connectivity index (χ3n) is 4.88. The number of amides is 2. The van der Waals surface area contributed by atoms with E-state index in [1.165, 1.54) is 10.4 Å². The molecule has 120 valence electrons. The molecule has 6 heteroatoms. The lowest BCUT2D eigenvalue weighted by Gasteiger charge is -2.37. The van der Waals surface area contributed by atoms with Crippen molar-refractivity contribution in [2.24, 2.45) is 11.7 Å². The fourth-order valence-electron chi connectivity index (χ4n) is 3.43. The molecule has 0 aliphatic carbocycles. The first-order chi connectivity index (χ1) is 10.6. The third-order valence-corrected chi connectivity index (χ3v) is 5.90. The van der Waals surface area contributed by atoms with E-state index in [9.17, 15) is 9.59 Å². The summed E-state index contributed by atoms with van der Waals surface area (Å²) in [5.41, 5.74) is 6.76. The number of hydrogen-bond donors (Lipinski definition) is 1. The van der Waals surface area contributed by atoms with Crippen LogP contribution in [0.2, 0.25) is 0 Å². The Morgan fingerprint density at radius 2 is 2.23 bits per heavy atom. The molecule has 3 rings (SSSR count). The van der Waals surface area contributed by atoms with Gasteiger partial charge in [-0.15, -0.1) is 11.3 Å². The largest absolute Gasteiger partial charge is 0.369 e. The molecule has 0 saturated carbocycles. The fourth-order valence-corrected chi connectivity index (χ4v) is 4.32. The number of fused-ring (bicyclic) bond motifs is 1. The van der Waals surface area contributed by atoms with Crippen LogP contribution in [0.5, 0.6) is 0 Å². The van der Waals surface area contributed by atoms with E-state index in [4.69, 9.17) is 5.73 Å². The van der Waals surface area contributed by atoms with Crippen molar-refractivity contribution in [1.29, 1.82) is 0 Å². The van der Waals surface area contributed by atoms with Crippen molar-refractivity contribution in [3.63, 3.8) is 0 Å². The van der Waals surface area contributed by atoms with Gasteiger partial charge in [0.25, 0.3) is 0 Å². The lowest BCUT2D eigenvalue weighted by molar-refractivity contribution is -0.139. The summed E-state index contributed by atoms with van der Waals surface area (Å²) in [6.45, 7) is 4.97. The van der Waals surface area contributed by atoms with Crippen LogP contribution >= 0.6 is 11.3 Å². The first-order valence-electron chi connectivity index (χ1n) is 7.93. The zero-order chi connectivity index (χ0) is 15.7. The number of rotatable bonds is 3. The van der Waals surface area contributed by atoms with Crippen molar-refractivity contribution >= 4 is 23.2 Å². The normalized spacial score (nSPS) is 23.9. The number of hydrogen-bond acceptors (Lipinski definition) is 4. The number of thiophene rings is 1. The minimum absolute atomic E-state index is 0.129. The van der Waals surface area contributed by atoms with Crippen LogP contribution < -0.4 is 5.73 Å². The molecule has 0 bridgehead atoms. The Balaban J connectivity index is 1.63. The zero-order valence-electron chi connectivity index (χ0n) is 13.0. The van der Waals surface area contributed by atoms with Gasteiger partial charge in [-0.05, 0) is 43.2 Å². The number of nitrogens with two attached hydrogens (primary N) is 1. The van der Waals surface area contributed by atoms with E-state index in [2.05, 4.69) is 16.3 Å². The summed E-state index contributed by atoms with van der Waals surface area (Å²) in [6, 6.07) is 2.02. The quantitative estimate of drug-likeness (QED) is 0.910. The van der Waals surface area contributed by atoms with Gasteiger partial charge in [-0.3, -0.25) is 14.5 Å². The predicted octanol–water partition coefficient (Wildman–Crippen LogP) is 1.22. The van der Waals surface area contributed by atoms with Gasteiger partial charge in [0, 0.05) is 31.1 Å². The smallest absolute Gasteiger partial charge is 0.239 e. The SMILES string of the molecule is C[C@@H](C(=O)N1CCC[C@H](C(N)=O)C1)N1CCc2sccc2C1. The molecule has 22 heavy (non-hydrogen) atoms. The Hall–Kier alpha value is -1.40. The highest BCUT2D eigenvalue weighted by Gasteiger charge is 2.32. The highest BCUT2D eigenvalue weighted by Crippen LogP contribution is 2.26. The molecule has 1 aromatic heterocycles. The highest BCUT2D eigenvalue weighted by atomic mass is 32.1. The van der Waals surface area contributed by atoms with Crippen molar-refractivity contribution in [3.05, 3.63) is 21.9 Å². The average Bonchev–Trinajstić information content (AvgIpc) is 3.01. The molecule has 2 amide bonds. The van der Waals surface area contributed by atoms with Crippen molar-refractivity contribution in [2.45, 2.75) is 38.8 Å². The maximum absolute atomic E-state index is 12.8. The van der Waals surface area contributed by atoms with E-state index in [0.717, 1.165) is 38.9 Å². The molecule has 3 heterocycles. The van der Waals surface area contributed by atoms with Crippen LogP contribution in [0.4, 0.5) is 0 Å². The molecule has 1 aromatic rings. The van der Waals surface area contributed by atoms with Gasteiger partial charge < -0.3 is 10.6 Å². The molecule has 0 aromatic carbocycles. The standard InChI is InChI=1S/C16H23N3O2S/c1-11(18-7-4-14-12(9-18)5-8-22-14)16(21)19-6-2-3-13(10-19)15(17)20/h5,8,11,13H,2-4,6-7,9-10H2,1H3,(H2,17,20)/t11-,13-/m0/s1. The summed E-state index contributed by atoms with van der Waals surface area (Å²) < 4.78 is 0. The van der Waals surface area contributed by atoms with Crippen molar-refractivity contribution in [3.8, 4) is 0 Å². The molecule has 2 atom stereocenters. The summed E-state index contributed by atoms with van der Waals surface area (Å²) in [6.07, 6.45) is 2.69. The molecule has 0 spiro atoms. The van der Waals surface area contributed by atoms with Crippen LogP contribution in [0.25, 0.3) is 0 Å². The second-order valence-corrected chi connectivity index (χ2v) is 7.29. The first-order valence-corrected chi connectivity index (χ1v) is 8.81. The maximum atomic E-state index is 12.8. The predicted molar refractivity (Wildman–Crippen MR) is 86.4 cm³/mol. The number of likely N-dealkylation sites (tertiary alicyclic amines) is 1. The van der Waals surface area contributed by atoms with Gasteiger partial charge in [0.1, 0.15) is 0 Å². The molecular weight excluding hydrogens is 298 g/mol. The van der Waals surface area contributed by atoms with E-state index in [0.29, 0.717) is 6.54 Å². The maximum Gasteiger partial charge on any atom is 0.239 e. The van der Waals surface area contributed by atoms with Gasteiger partial charge >= 0.3 is 0 Å². The van der Waals surface area contributed by atoms with Crippen LogP contribution in [0.3, 0.4) is 0 Å². The zero-order valence-corrected chi connectivity index (χ0v) is 13.8. The molecule has 0 radical (unpaired) electrons. The molecule has 5 nitrogen and oxygen atoms in total. The Morgan fingerprint density at radius 1 is 1.41 bits per heavy atom. The van der Waals surface area contributed by atoms with Gasteiger partial charge in [0.2, 0.25) is 11.8 Å². The number of carbonyl (C=O) groups is 2. The minimum Gasteiger partial charge on any atom is -0.369 e. The minimum atomic E-state index is -0.286. The molecular formula is C16H23N3O2S. The van der Waals surface area contributed by atoms with Crippen LogP contribution in [-0.2, 0) is 22.6 Å². The van der Waals surface area contributed by atoms with Gasteiger partial charge in [0.05, 0.1) is 12.0 Å². The number of nitrogens with zero attached hydrogens (tertiary/aromatic N) is 2. The second kappa shape index (κ2) is 6.38. The van der Waals surface area contributed by atoms with Crippen molar-refractivity contribution in [1.82, 2.24) is 9.80 Å². The van der Waals surface area contributed by atoms with Gasteiger partial charge in [-0.25, -0.2) is 0 Å². The Bertz CT molecular complexity index is 571. The highest BCUT2D eigenvalue weighted by molar-refractivity contribution is 7.10. The van der Waals surface area contributed by atoms with E-state index in [-0.39, 0.29) is 23.8 Å². The summed E-state index contributed by atoms with van der Waals surface area (Å²) in [7, 11) is 0. The number of primary amides is 1.